The Labute approximate surface area is 128 Å². The summed E-state index contributed by atoms with van der Waals surface area (Å²) in [5, 5.41) is 11.3. The van der Waals surface area contributed by atoms with Crippen LogP contribution in [0.2, 0.25) is 5.02 Å². The normalized spacial score (nSPS) is 21.9. The summed E-state index contributed by atoms with van der Waals surface area (Å²) in [4.78, 5) is 14.0. The summed E-state index contributed by atoms with van der Waals surface area (Å²) in [6.45, 7) is 0.553. The number of amides is 1. The maximum atomic E-state index is 12.4. The number of carbonyl (C=O) groups excluding carboxylic acids is 1. The first-order chi connectivity index (χ1) is 10.0. The molecule has 0 bridgehead atoms. The molecule has 2 atom stereocenters. The Bertz CT molecular complexity index is 667. The highest BCUT2D eigenvalue weighted by Crippen LogP contribution is 2.27. The number of nitrogens with zero attached hydrogens (tertiary/aromatic N) is 1. The van der Waals surface area contributed by atoms with Crippen LogP contribution in [-0.2, 0) is 0 Å². The van der Waals surface area contributed by atoms with Crippen LogP contribution in [0.3, 0.4) is 0 Å². The number of furan rings is 1. The van der Waals surface area contributed by atoms with Gasteiger partial charge in [-0.3, -0.25) is 4.79 Å². The molecule has 1 fully saturated rings. The zero-order valence-corrected chi connectivity index (χ0v) is 12.6. The fourth-order valence-corrected chi connectivity index (χ4v) is 3.15. The monoisotopic (exact) mass is 307 g/mol. The van der Waals surface area contributed by atoms with E-state index in [2.05, 4.69) is 0 Å². The predicted molar refractivity (Wildman–Crippen MR) is 81.5 cm³/mol. The first-order valence-corrected chi connectivity index (χ1v) is 7.55. The van der Waals surface area contributed by atoms with Gasteiger partial charge in [0.25, 0.3) is 5.91 Å². The van der Waals surface area contributed by atoms with Gasteiger partial charge in [0, 0.05) is 29.9 Å². The Morgan fingerprint density at radius 1 is 1.43 bits per heavy atom. The lowest BCUT2D eigenvalue weighted by molar-refractivity contribution is 0.0667. The minimum absolute atomic E-state index is 0.165. The summed E-state index contributed by atoms with van der Waals surface area (Å²) in [5.41, 5.74) is 0.650. The van der Waals surface area contributed by atoms with Crippen molar-refractivity contribution in [3.05, 3.63) is 35.0 Å². The molecule has 1 amide bonds. The van der Waals surface area contributed by atoms with Gasteiger partial charge in [-0.25, -0.2) is 0 Å². The number of benzene rings is 1. The van der Waals surface area contributed by atoms with E-state index in [0.29, 0.717) is 22.9 Å². The number of halogens is 1. The van der Waals surface area contributed by atoms with Crippen LogP contribution < -0.4 is 0 Å². The van der Waals surface area contributed by atoms with Crippen LogP contribution in [0.4, 0.5) is 0 Å². The van der Waals surface area contributed by atoms with Crippen LogP contribution in [-0.4, -0.2) is 35.6 Å². The minimum Gasteiger partial charge on any atom is -0.451 e. The maximum absolute atomic E-state index is 12.4. The van der Waals surface area contributed by atoms with Crippen molar-refractivity contribution in [2.75, 3.05) is 13.6 Å². The van der Waals surface area contributed by atoms with Gasteiger partial charge in [0.2, 0.25) is 0 Å². The Morgan fingerprint density at radius 3 is 2.95 bits per heavy atom. The minimum atomic E-state index is -0.297. The first kappa shape index (κ1) is 14.4. The van der Waals surface area contributed by atoms with Crippen molar-refractivity contribution in [1.29, 1.82) is 0 Å². The van der Waals surface area contributed by atoms with Crippen LogP contribution in [0, 0.1) is 5.92 Å². The SMILES string of the molecule is CN(CC1CCCC1O)C(=O)c1cc2cc(Cl)ccc2o1. The van der Waals surface area contributed by atoms with E-state index in [0.717, 1.165) is 24.6 Å². The average Bonchev–Trinajstić information content (AvgIpc) is 3.04. The van der Waals surface area contributed by atoms with Crippen molar-refractivity contribution in [1.82, 2.24) is 4.90 Å². The lowest BCUT2D eigenvalue weighted by Crippen LogP contribution is -2.34. The molecule has 1 heterocycles. The van der Waals surface area contributed by atoms with E-state index in [-0.39, 0.29) is 17.9 Å². The van der Waals surface area contributed by atoms with Crippen molar-refractivity contribution in [2.24, 2.45) is 5.92 Å². The smallest absolute Gasteiger partial charge is 0.289 e. The molecule has 0 radical (unpaired) electrons. The van der Waals surface area contributed by atoms with Crippen LogP contribution in [0.5, 0.6) is 0 Å². The van der Waals surface area contributed by atoms with E-state index in [4.69, 9.17) is 16.0 Å². The molecule has 0 spiro atoms. The molecule has 2 unspecified atom stereocenters. The number of hydrogen-bond acceptors (Lipinski definition) is 3. The highest BCUT2D eigenvalue weighted by atomic mass is 35.5. The van der Waals surface area contributed by atoms with Crippen LogP contribution in [0.15, 0.2) is 28.7 Å². The number of carbonyl (C=O) groups is 1. The van der Waals surface area contributed by atoms with Gasteiger partial charge >= 0.3 is 0 Å². The summed E-state index contributed by atoms with van der Waals surface area (Å²) < 4.78 is 5.58. The van der Waals surface area contributed by atoms with Gasteiger partial charge in [0.15, 0.2) is 5.76 Å². The van der Waals surface area contributed by atoms with E-state index < -0.39 is 0 Å². The molecule has 1 saturated carbocycles. The maximum Gasteiger partial charge on any atom is 0.289 e. The number of aliphatic hydroxyl groups is 1. The van der Waals surface area contributed by atoms with E-state index in [1.807, 2.05) is 0 Å². The third kappa shape index (κ3) is 2.92. The molecule has 5 heteroatoms. The summed E-state index contributed by atoms with van der Waals surface area (Å²) in [6, 6.07) is 6.98. The molecule has 4 nitrogen and oxygen atoms in total. The van der Waals surface area contributed by atoms with Gasteiger partial charge in [0.1, 0.15) is 5.58 Å². The van der Waals surface area contributed by atoms with Crippen molar-refractivity contribution in [2.45, 2.75) is 25.4 Å². The molecule has 112 valence electrons. The molecule has 1 aromatic heterocycles. The molecule has 0 saturated heterocycles. The van der Waals surface area contributed by atoms with Gasteiger partial charge in [-0.15, -0.1) is 0 Å². The topological polar surface area (TPSA) is 53.7 Å². The second-order valence-corrected chi connectivity index (χ2v) is 6.17. The van der Waals surface area contributed by atoms with Gasteiger partial charge in [0.05, 0.1) is 6.10 Å². The van der Waals surface area contributed by atoms with Crippen LogP contribution in [0.1, 0.15) is 29.8 Å². The fourth-order valence-electron chi connectivity index (χ4n) is 2.97. The zero-order chi connectivity index (χ0) is 15.0. The highest BCUT2D eigenvalue weighted by Gasteiger charge is 2.28. The highest BCUT2D eigenvalue weighted by molar-refractivity contribution is 6.31. The Kier molecular flexibility index (Phi) is 3.91. The quantitative estimate of drug-likeness (QED) is 0.946. The number of fused-ring (bicyclic) bond motifs is 1. The molecule has 3 rings (SSSR count). The third-order valence-corrected chi connectivity index (χ3v) is 4.40. The van der Waals surface area contributed by atoms with Gasteiger partial charge in [-0.2, -0.15) is 0 Å². The van der Waals surface area contributed by atoms with Crippen LogP contribution in [0.25, 0.3) is 11.0 Å². The number of rotatable bonds is 3. The van der Waals surface area contributed by atoms with Crippen molar-refractivity contribution >= 4 is 28.5 Å². The fraction of sp³-hybridized carbons (Fsp3) is 0.438. The lowest BCUT2D eigenvalue weighted by atomic mass is 10.1. The van der Waals surface area contributed by atoms with Gasteiger partial charge in [-0.1, -0.05) is 18.0 Å². The number of aliphatic hydroxyl groups excluding tert-OH is 1. The van der Waals surface area contributed by atoms with Gasteiger partial charge in [-0.05, 0) is 37.1 Å². The molecule has 1 N–H and O–H groups in total. The van der Waals surface area contributed by atoms with E-state index >= 15 is 0 Å². The number of hydrogen-bond donors (Lipinski definition) is 1. The average molecular weight is 308 g/mol. The van der Waals surface area contributed by atoms with Crippen molar-refractivity contribution in [3.63, 3.8) is 0 Å². The summed E-state index contributed by atoms with van der Waals surface area (Å²) in [5.74, 6) is 0.307. The molecule has 1 aliphatic carbocycles. The molecule has 2 aromatic rings. The summed E-state index contributed by atoms with van der Waals surface area (Å²) in [7, 11) is 1.74. The molecule has 0 aliphatic heterocycles. The second kappa shape index (κ2) is 5.70. The first-order valence-electron chi connectivity index (χ1n) is 7.17. The molecule has 1 aliphatic rings. The van der Waals surface area contributed by atoms with E-state index in [1.165, 1.54) is 0 Å². The Hall–Kier alpha value is -1.52. The zero-order valence-electron chi connectivity index (χ0n) is 11.9. The summed E-state index contributed by atoms with van der Waals surface area (Å²) in [6.07, 6.45) is 2.52. The third-order valence-electron chi connectivity index (χ3n) is 4.16. The van der Waals surface area contributed by atoms with E-state index in [9.17, 15) is 9.90 Å². The van der Waals surface area contributed by atoms with Gasteiger partial charge < -0.3 is 14.4 Å². The van der Waals surface area contributed by atoms with E-state index in [1.54, 1.807) is 36.2 Å². The Balaban J connectivity index is 1.76. The van der Waals surface area contributed by atoms with Crippen LogP contribution >= 0.6 is 11.6 Å². The summed E-state index contributed by atoms with van der Waals surface area (Å²) >= 11 is 5.93. The largest absolute Gasteiger partial charge is 0.451 e. The molecular formula is C16H18ClNO3. The standard InChI is InChI=1S/C16H18ClNO3/c1-18(9-10-3-2-4-13(10)19)16(20)15-8-11-7-12(17)5-6-14(11)21-15/h5-8,10,13,19H,2-4,9H2,1H3. The molecule has 21 heavy (non-hydrogen) atoms. The predicted octanol–water partition coefficient (Wildman–Crippen LogP) is 3.32. The lowest BCUT2D eigenvalue weighted by Gasteiger charge is -2.22. The Morgan fingerprint density at radius 2 is 2.24 bits per heavy atom. The van der Waals surface area contributed by atoms with Crippen molar-refractivity contribution < 1.29 is 14.3 Å². The van der Waals surface area contributed by atoms with Crippen molar-refractivity contribution in [3.8, 4) is 0 Å². The second-order valence-electron chi connectivity index (χ2n) is 5.74. The molecular weight excluding hydrogens is 290 g/mol. The molecule has 1 aromatic carbocycles.